The van der Waals surface area contributed by atoms with Gasteiger partial charge in [-0.25, -0.2) is 8.42 Å². The first-order valence-corrected chi connectivity index (χ1v) is 13.0. The number of hydrogen-bond acceptors (Lipinski definition) is 5. The van der Waals surface area contributed by atoms with Gasteiger partial charge < -0.3 is 10.3 Å². The number of aromatic amines is 1. The number of rotatable bonds is 11. The summed E-state index contributed by atoms with van der Waals surface area (Å²) in [7, 11) is -3.34. The Kier molecular flexibility index (Phi) is 8.40. The van der Waals surface area contributed by atoms with Gasteiger partial charge in [-0.3, -0.25) is 18.9 Å². The van der Waals surface area contributed by atoms with Crippen LogP contribution in [0.3, 0.4) is 0 Å². The molecule has 3 N–H and O–H groups in total. The van der Waals surface area contributed by atoms with Crippen LogP contribution in [0.1, 0.15) is 39.0 Å². The lowest BCUT2D eigenvalue weighted by Crippen LogP contribution is -2.22. The highest BCUT2D eigenvalue weighted by Crippen LogP contribution is 2.16. The molecule has 0 aliphatic heterocycles. The molecule has 0 radical (unpaired) electrons. The number of anilines is 2. The van der Waals surface area contributed by atoms with Crippen LogP contribution in [0.15, 0.2) is 53.3 Å². The fraction of sp³-hybridized carbons (Fsp3) is 0.348. The molecule has 0 aliphatic rings. The Morgan fingerprint density at radius 3 is 2.45 bits per heavy atom. The number of unbranched alkanes of at least 4 members (excludes halogenated alkanes) is 2. The largest absolute Gasteiger partial charge is 0.332 e. The number of nitrogens with one attached hydrogen (secondary N) is 3. The number of benzene rings is 2. The fourth-order valence-electron chi connectivity index (χ4n) is 3.48. The van der Waals surface area contributed by atoms with Crippen LogP contribution in [0.4, 0.5) is 11.4 Å². The summed E-state index contributed by atoms with van der Waals surface area (Å²) in [6.45, 7) is 2.30. The van der Waals surface area contributed by atoms with E-state index in [9.17, 15) is 18.0 Å². The summed E-state index contributed by atoms with van der Waals surface area (Å²) in [5.41, 5.74) is 1.69. The maximum atomic E-state index is 12.6. The first-order valence-electron chi connectivity index (χ1n) is 10.9. The van der Waals surface area contributed by atoms with Crippen molar-refractivity contribution in [2.24, 2.45) is 0 Å². The molecule has 1 aromatic heterocycles. The molecule has 1 amide bonds. The van der Waals surface area contributed by atoms with Crippen LogP contribution < -0.4 is 15.6 Å². The number of hydrogen-bond donors (Lipinski definition) is 3. The number of carbonyl (C=O) groups is 1. The minimum atomic E-state index is -3.34. The van der Waals surface area contributed by atoms with Gasteiger partial charge in [-0.2, -0.15) is 0 Å². The van der Waals surface area contributed by atoms with E-state index in [1.165, 1.54) is 0 Å². The standard InChI is InChI=1S/C23H28N4O4S2/c1-2-16-33(30,31)26-18-13-11-17(12-14-18)24-21(28)10-4-3-7-15-27-22(29)19-8-5-6-9-20(19)25-23(27)32/h5-6,8-9,11-14,26H,2-4,7,10,15-16H2,1H3,(H,24,28)(H,25,32). The molecule has 0 aliphatic carbocycles. The average Bonchev–Trinajstić information content (AvgIpc) is 2.76. The topological polar surface area (TPSA) is 113 Å². The highest BCUT2D eigenvalue weighted by atomic mass is 32.2. The minimum Gasteiger partial charge on any atom is -0.332 e. The summed E-state index contributed by atoms with van der Waals surface area (Å²) < 4.78 is 28.1. The van der Waals surface area contributed by atoms with Crippen molar-refractivity contribution in [3.05, 3.63) is 63.7 Å². The highest BCUT2D eigenvalue weighted by molar-refractivity contribution is 7.92. The lowest BCUT2D eigenvalue weighted by atomic mass is 10.1. The van der Waals surface area contributed by atoms with Crippen LogP contribution in [0.5, 0.6) is 0 Å². The van der Waals surface area contributed by atoms with Gasteiger partial charge >= 0.3 is 0 Å². The summed E-state index contributed by atoms with van der Waals surface area (Å²) in [4.78, 5) is 27.9. The van der Waals surface area contributed by atoms with Crippen molar-refractivity contribution >= 4 is 50.4 Å². The molecule has 0 fully saturated rings. The third-order valence-electron chi connectivity index (χ3n) is 5.09. The third kappa shape index (κ3) is 7.00. The highest BCUT2D eigenvalue weighted by Gasteiger charge is 2.09. The smallest absolute Gasteiger partial charge is 0.262 e. The number of aromatic nitrogens is 2. The fourth-order valence-corrected chi connectivity index (χ4v) is 4.90. The first-order chi connectivity index (χ1) is 15.8. The van der Waals surface area contributed by atoms with Crippen LogP contribution in [-0.2, 0) is 21.4 Å². The van der Waals surface area contributed by atoms with E-state index in [4.69, 9.17) is 12.2 Å². The molecular formula is C23H28N4O4S2. The zero-order valence-corrected chi connectivity index (χ0v) is 20.1. The Bertz CT molecular complexity index is 1330. The molecular weight excluding hydrogens is 460 g/mol. The van der Waals surface area contributed by atoms with Crippen molar-refractivity contribution < 1.29 is 13.2 Å². The lowest BCUT2D eigenvalue weighted by molar-refractivity contribution is -0.116. The molecule has 2 aromatic carbocycles. The van der Waals surface area contributed by atoms with Crippen LogP contribution >= 0.6 is 12.2 Å². The van der Waals surface area contributed by atoms with Gasteiger partial charge in [0.2, 0.25) is 15.9 Å². The van der Waals surface area contributed by atoms with E-state index in [2.05, 4.69) is 15.0 Å². The van der Waals surface area contributed by atoms with Crippen molar-refractivity contribution in [1.29, 1.82) is 0 Å². The maximum absolute atomic E-state index is 12.6. The number of carbonyl (C=O) groups excluding carboxylic acids is 1. The summed E-state index contributed by atoms with van der Waals surface area (Å²) in [6, 6.07) is 13.8. The van der Waals surface area contributed by atoms with E-state index in [1.54, 1.807) is 41.8 Å². The number of para-hydroxylation sites is 1. The summed E-state index contributed by atoms with van der Waals surface area (Å²) >= 11 is 5.32. The molecule has 8 nitrogen and oxygen atoms in total. The Morgan fingerprint density at radius 1 is 1.03 bits per heavy atom. The summed E-state index contributed by atoms with van der Waals surface area (Å²) in [6.07, 6.45) is 3.08. The second-order valence-corrected chi connectivity index (χ2v) is 10.0. The number of fused-ring (bicyclic) bond motifs is 1. The zero-order chi connectivity index (χ0) is 23.8. The van der Waals surface area contributed by atoms with Gasteiger partial charge in [-0.15, -0.1) is 0 Å². The first kappa shape index (κ1) is 24.7. The number of nitrogens with zero attached hydrogens (tertiary/aromatic N) is 1. The van der Waals surface area contributed by atoms with E-state index < -0.39 is 10.0 Å². The van der Waals surface area contributed by atoms with E-state index in [0.29, 0.717) is 47.3 Å². The van der Waals surface area contributed by atoms with Gasteiger partial charge in [0, 0.05) is 24.3 Å². The van der Waals surface area contributed by atoms with Gasteiger partial charge in [0.15, 0.2) is 4.77 Å². The Morgan fingerprint density at radius 2 is 1.73 bits per heavy atom. The Hall–Kier alpha value is -2.98. The second kappa shape index (κ2) is 11.2. The van der Waals surface area contributed by atoms with Gasteiger partial charge in [0.1, 0.15) is 0 Å². The lowest BCUT2D eigenvalue weighted by Gasteiger charge is -2.09. The zero-order valence-electron chi connectivity index (χ0n) is 18.5. The molecule has 0 atom stereocenters. The Labute approximate surface area is 198 Å². The molecule has 0 saturated carbocycles. The molecule has 0 saturated heterocycles. The monoisotopic (exact) mass is 488 g/mol. The van der Waals surface area contributed by atoms with Gasteiger partial charge in [-0.05, 0) is 67.9 Å². The van der Waals surface area contributed by atoms with Crippen molar-refractivity contribution in [2.75, 3.05) is 15.8 Å². The van der Waals surface area contributed by atoms with Crippen molar-refractivity contribution in [1.82, 2.24) is 9.55 Å². The van der Waals surface area contributed by atoms with Crippen molar-refractivity contribution in [2.45, 2.75) is 45.6 Å². The minimum absolute atomic E-state index is 0.0625. The van der Waals surface area contributed by atoms with Crippen LogP contribution in [0, 0.1) is 4.77 Å². The number of H-pyrrole nitrogens is 1. The van der Waals surface area contributed by atoms with Gasteiger partial charge in [-0.1, -0.05) is 25.5 Å². The molecule has 3 rings (SSSR count). The number of sulfonamides is 1. The van der Waals surface area contributed by atoms with Crippen LogP contribution in [0.25, 0.3) is 10.9 Å². The van der Waals surface area contributed by atoms with Gasteiger partial charge in [0.05, 0.1) is 16.7 Å². The molecule has 10 heteroatoms. The van der Waals surface area contributed by atoms with Crippen LogP contribution in [-0.4, -0.2) is 29.6 Å². The molecule has 3 aromatic rings. The molecule has 0 bridgehead atoms. The van der Waals surface area contributed by atoms with E-state index in [-0.39, 0.29) is 17.2 Å². The number of amides is 1. The summed E-state index contributed by atoms with van der Waals surface area (Å²) in [5.74, 6) is -0.0537. The van der Waals surface area contributed by atoms with E-state index in [0.717, 1.165) is 18.4 Å². The maximum Gasteiger partial charge on any atom is 0.262 e. The summed E-state index contributed by atoms with van der Waals surface area (Å²) in [5, 5.41) is 3.42. The predicted molar refractivity (Wildman–Crippen MR) is 135 cm³/mol. The molecule has 0 spiro atoms. The van der Waals surface area contributed by atoms with Crippen molar-refractivity contribution in [3.8, 4) is 0 Å². The Balaban J connectivity index is 1.44. The SMILES string of the molecule is CCCS(=O)(=O)Nc1ccc(NC(=O)CCCCCn2c(=S)[nH]c3ccccc3c2=O)cc1. The van der Waals surface area contributed by atoms with Crippen molar-refractivity contribution in [3.63, 3.8) is 0 Å². The average molecular weight is 489 g/mol. The second-order valence-electron chi connectivity index (χ2n) is 7.79. The van der Waals surface area contributed by atoms with E-state index in [1.807, 2.05) is 18.2 Å². The quantitative estimate of drug-likeness (QED) is 0.273. The molecule has 1 heterocycles. The molecule has 176 valence electrons. The predicted octanol–water partition coefficient (Wildman–Crippen LogP) is 4.41. The third-order valence-corrected chi connectivity index (χ3v) is 6.90. The van der Waals surface area contributed by atoms with E-state index >= 15 is 0 Å². The normalized spacial score (nSPS) is 11.4. The molecule has 33 heavy (non-hydrogen) atoms. The van der Waals surface area contributed by atoms with Gasteiger partial charge in [0.25, 0.3) is 5.56 Å². The van der Waals surface area contributed by atoms with Crippen LogP contribution in [0.2, 0.25) is 0 Å². The molecule has 0 unspecified atom stereocenters.